The van der Waals surface area contributed by atoms with Gasteiger partial charge in [0, 0.05) is 17.3 Å². The Balaban J connectivity index is 5.11. The van der Waals surface area contributed by atoms with Crippen molar-refractivity contribution in [2.45, 2.75) is 34.1 Å². The van der Waals surface area contributed by atoms with E-state index in [1.807, 2.05) is 6.92 Å². The molecule has 0 saturated carbocycles. The van der Waals surface area contributed by atoms with Crippen LogP contribution in [-0.4, -0.2) is 32.6 Å². The van der Waals surface area contributed by atoms with Gasteiger partial charge in [-0.3, -0.25) is 14.4 Å². The largest absolute Gasteiger partial charge is 0.282 e. The van der Waals surface area contributed by atoms with E-state index >= 15 is 0 Å². The zero-order valence-corrected chi connectivity index (χ0v) is 17.3. The maximum Gasteiger partial charge on any atom is 0.214 e. The van der Waals surface area contributed by atoms with Gasteiger partial charge in [-0.1, -0.05) is 61.9 Å². The van der Waals surface area contributed by atoms with E-state index in [1.54, 1.807) is 20.8 Å². The number of carbonyl (C=O) groups excluding carboxylic acids is 3. The molecule has 0 N–H and O–H groups in total. The fourth-order valence-electron chi connectivity index (χ4n) is 1.46. The predicted octanol–water partition coefficient (Wildman–Crippen LogP) is 4.89. The summed E-state index contributed by atoms with van der Waals surface area (Å²) in [5.74, 6) is 1.63. The summed E-state index contributed by atoms with van der Waals surface area (Å²) in [6, 6.07) is 0. The van der Waals surface area contributed by atoms with Crippen LogP contribution in [0.4, 0.5) is 0 Å². The first-order valence-corrected chi connectivity index (χ1v) is 10.5. The molecule has 0 aliphatic rings. The van der Waals surface area contributed by atoms with Gasteiger partial charge in [0.2, 0.25) is 15.3 Å². The second-order valence-corrected chi connectivity index (χ2v) is 8.77. The first-order valence-electron chi connectivity index (χ1n) is 7.52. The van der Waals surface area contributed by atoms with Crippen LogP contribution in [0.1, 0.15) is 34.1 Å². The molecule has 0 radical (unpaired) electrons. The summed E-state index contributed by atoms with van der Waals surface area (Å²) in [5, 5.41) is -0.166. The molecule has 0 aromatic heterocycles. The van der Waals surface area contributed by atoms with Gasteiger partial charge < -0.3 is 0 Å². The number of hydrogen-bond donors (Lipinski definition) is 0. The van der Waals surface area contributed by atoms with Crippen LogP contribution in [0.2, 0.25) is 0 Å². The fraction of sp³-hybridized carbons (Fsp3) is 0.500. The molecule has 0 aromatic carbocycles. The normalized spacial score (nSPS) is 11.0. The second kappa shape index (κ2) is 11.0. The van der Waals surface area contributed by atoms with E-state index in [1.165, 1.54) is 35.3 Å². The average Bonchev–Trinajstić information content (AvgIpc) is 2.53. The molecule has 24 heavy (non-hydrogen) atoms. The second-order valence-electron chi connectivity index (χ2n) is 5.92. The zero-order chi connectivity index (χ0) is 18.9. The van der Waals surface area contributed by atoms with Crippen LogP contribution < -0.4 is 0 Å². The summed E-state index contributed by atoms with van der Waals surface area (Å²) in [6.07, 6.45) is 0.760. The van der Waals surface area contributed by atoms with Crippen molar-refractivity contribution in [2.24, 2.45) is 5.41 Å². The quantitative estimate of drug-likeness (QED) is 0.498. The topological polar surface area (TPSA) is 51.2 Å². The summed E-state index contributed by atoms with van der Waals surface area (Å²) in [5.41, 5.74) is 1.20. The Morgan fingerprint density at radius 3 is 1.12 bits per heavy atom. The first-order chi connectivity index (χ1) is 11.0. The van der Waals surface area contributed by atoms with Crippen LogP contribution in [0.25, 0.3) is 0 Å². The molecule has 6 heteroatoms. The maximum absolute atomic E-state index is 11.9. The molecule has 0 unspecified atom stereocenters. The van der Waals surface area contributed by atoms with E-state index in [4.69, 9.17) is 0 Å². The van der Waals surface area contributed by atoms with E-state index in [0.717, 1.165) is 6.42 Å². The monoisotopic (exact) mass is 386 g/mol. The van der Waals surface area contributed by atoms with E-state index in [9.17, 15) is 14.4 Å². The van der Waals surface area contributed by atoms with Crippen LogP contribution in [0.15, 0.2) is 36.5 Å². The van der Waals surface area contributed by atoms with Crippen LogP contribution in [-0.2, 0) is 14.4 Å². The minimum atomic E-state index is -0.304. The zero-order valence-electron chi connectivity index (χ0n) is 14.9. The summed E-state index contributed by atoms with van der Waals surface area (Å²) >= 11 is 3.61. The molecule has 0 heterocycles. The van der Waals surface area contributed by atoms with Gasteiger partial charge in [0.25, 0.3) is 0 Å². The Kier molecular flexibility index (Phi) is 10.7. The van der Waals surface area contributed by atoms with E-state index < -0.39 is 0 Å². The van der Waals surface area contributed by atoms with Crippen molar-refractivity contribution in [3.8, 4) is 0 Å². The lowest BCUT2D eigenvalue weighted by Crippen LogP contribution is -2.31. The van der Waals surface area contributed by atoms with Crippen molar-refractivity contribution < 1.29 is 14.4 Å². The van der Waals surface area contributed by atoms with E-state index in [0.29, 0.717) is 34.0 Å². The van der Waals surface area contributed by atoms with Crippen LogP contribution in [0.5, 0.6) is 0 Å². The van der Waals surface area contributed by atoms with Crippen molar-refractivity contribution in [2.75, 3.05) is 17.3 Å². The minimum absolute atomic E-state index is 0.0553. The maximum atomic E-state index is 11.9. The minimum Gasteiger partial charge on any atom is -0.282 e. The highest BCUT2D eigenvalue weighted by atomic mass is 32.2. The lowest BCUT2D eigenvalue weighted by Gasteiger charge is -2.31. The Labute approximate surface area is 158 Å². The lowest BCUT2D eigenvalue weighted by molar-refractivity contribution is -0.108. The summed E-state index contributed by atoms with van der Waals surface area (Å²) < 4.78 is 0. The molecule has 0 atom stereocenters. The lowest BCUT2D eigenvalue weighted by atomic mass is 9.92. The van der Waals surface area contributed by atoms with Gasteiger partial charge in [0.15, 0.2) is 0 Å². The van der Waals surface area contributed by atoms with Gasteiger partial charge in [-0.05, 0) is 49.3 Å². The van der Waals surface area contributed by atoms with Gasteiger partial charge in [0.05, 0.1) is 0 Å². The Morgan fingerprint density at radius 1 is 0.708 bits per heavy atom. The van der Waals surface area contributed by atoms with Crippen LogP contribution in [0.3, 0.4) is 0 Å². The summed E-state index contributed by atoms with van der Waals surface area (Å²) in [6.45, 7) is 18.1. The average molecular weight is 387 g/mol. The van der Waals surface area contributed by atoms with Gasteiger partial charge in [-0.2, -0.15) is 0 Å². The van der Waals surface area contributed by atoms with Gasteiger partial charge in [0.1, 0.15) is 0 Å². The Hall–Kier alpha value is -0.720. The van der Waals surface area contributed by atoms with Crippen molar-refractivity contribution in [3.63, 3.8) is 0 Å². The van der Waals surface area contributed by atoms with E-state index in [-0.39, 0.29) is 20.8 Å². The highest BCUT2D eigenvalue weighted by Crippen LogP contribution is 2.37. The van der Waals surface area contributed by atoms with Crippen molar-refractivity contribution in [1.82, 2.24) is 0 Å². The van der Waals surface area contributed by atoms with Crippen LogP contribution >= 0.6 is 35.3 Å². The molecule has 0 aromatic rings. The van der Waals surface area contributed by atoms with Crippen LogP contribution in [0, 0.1) is 5.41 Å². The Morgan fingerprint density at radius 2 is 0.958 bits per heavy atom. The van der Waals surface area contributed by atoms with Crippen molar-refractivity contribution >= 4 is 50.6 Å². The fourth-order valence-corrected chi connectivity index (χ4v) is 5.12. The number of carbonyl (C=O) groups is 3. The molecule has 0 aliphatic heterocycles. The molecule has 134 valence electrons. The molecule has 0 aliphatic carbocycles. The molecule has 0 bridgehead atoms. The Bertz CT molecular complexity index is 476. The van der Waals surface area contributed by atoms with Crippen molar-refractivity contribution in [3.05, 3.63) is 36.5 Å². The third-order valence-corrected chi connectivity index (χ3v) is 7.43. The molecule has 0 saturated heterocycles. The SMILES string of the molecule is C=C(C)C(=O)SCC(CC)(CSC(=O)C(=C)C)CSC(=O)C(=C)C. The van der Waals surface area contributed by atoms with Gasteiger partial charge >= 0.3 is 0 Å². The van der Waals surface area contributed by atoms with E-state index in [2.05, 4.69) is 19.7 Å². The number of hydrogen-bond acceptors (Lipinski definition) is 6. The molecule has 3 nitrogen and oxygen atoms in total. The van der Waals surface area contributed by atoms with Gasteiger partial charge in [-0.25, -0.2) is 0 Å². The van der Waals surface area contributed by atoms with Crippen molar-refractivity contribution in [1.29, 1.82) is 0 Å². The molecule has 0 amide bonds. The predicted molar refractivity (Wildman–Crippen MR) is 110 cm³/mol. The molecule has 0 spiro atoms. The first kappa shape index (κ1) is 23.3. The standard InChI is InChI=1S/C18H26O3S3/c1-8-18(9-22-15(19)12(2)3,10-23-16(20)13(4)5)11-24-17(21)14(6)7/h2,4,6,8-11H2,1,3,5,7H3. The molecular weight excluding hydrogens is 360 g/mol. The third-order valence-electron chi connectivity index (χ3n) is 3.32. The smallest absolute Gasteiger partial charge is 0.214 e. The molecular formula is C18H26O3S3. The highest BCUT2D eigenvalue weighted by molar-refractivity contribution is 8.15. The molecule has 0 fully saturated rings. The summed E-state index contributed by atoms with van der Waals surface area (Å²) in [7, 11) is 0. The van der Waals surface area contributed by atoms with Gasteiger partial charge in [-0.15, -0.1) is 0 Å². The molecule has 0 rings (SSSR count). The third kappa shape index (κ3) is 8.40. The number of thioether (sulfide) groups is 3. The number of rotatable bonds is 10. The highest BCUT2D eigenvalue weighted by Gasteiger charge is 2.32. The summed E-state index contributed by atoms with van der Waals surface area (Å²) in [4.78, 5) is 35.7.